The predicted octanol–water partition coefficient (Wildman–Crippen LogP) is 5.85. The van der Waals surface area contributed by atoms with Gasteiger partial charge in [-0.3, -0.25) is 0 Å². The first-order valence-electron chi connectivity index (χ1n) is 9.61. The molecule has 2 aromatic carbocycles. The standard InChI is InChI=1S/C21H21N3O6S2.2ClH.Fe/c1-16(22-31-30-29-27-18-10-6-4-7-11-18)20-14-15-21(24(20)3)17(2)23-32(25,26)28-19-12-8-5-9-13-19;;;/h4-15H,1-3H3;2*1H;/q;;;+2/p-2/b22-16+,23-17+;;;. The van der Waals surface area contributed by atoms with Gasteiger partial charge in [-0.2, -0.15) is 12.8 Å². The average Bonchev–Trinajstić information content (AvgIpc) is 3.21. The summed E-state index contributed by atoms with van der Waals surface area (Å²) in [6, 6.07) is 20.6. The van der Waals surface area contributed by atoms with Gasteiger partial charge in [-0.1, -0.05) is 40.7 Å². The number of para-hydroxylation sites is 2. The van der Waals surface area contributed by atoms with Crippen molar-refractivity contribution in [3.63, 3.8) is 0 Å². The fourth-order valence-electron chi connectivity index (χ4n) is 2.73. The average molecular weight is 602 g/mol. The van der Waals surface area contributed by atoms with Crippen molar-refractivity contribution in [3.05, 3.63) is 84.2 Å². The SMILES string of the molecule is C/C(=N\SOOOc1ccccc1)c1ccc(/C(C)=N/S(=O)(=O)Oc2ccccc2)n1C.[Cl][Fe][Cl]. The molecule has 9 nitrogen and oxygen atoms in total. The fourth-order valence-corrected chi connectivity index (χ4v) is 3.84. The predicted molar refractivity (Wildman–Crippen MR) is 134 cm³/mol. The molecule has 0 aliphatic carbocycles. The summed E-state index contributed by atoms with van der Waals surface area (Å²) in [5.74, 6) is 0.678. The third-order valence-corrected chi connectivity index (χ3v) is 5.53. The van der Waals surface area contributed by atoms with Gasteiger partial charge in [0, 0.05) is 12.1 Å². The molecule has 0 N–H and O–H groups in total. The number of hydrogen-bond donors (Lipinski definition) is 0. The van der Waals surface area contributed by atoms with Crippen LogP contribution < -0.4 is 9.07 Å². The summed E-state index contributed by atoms with van der Waals surface area (Å²) in [5, 5.41) is 4.63. The van der Waals surface area contributed by atoms with E-state index in [0.717, 1.165) is 5.69 Å². The maximum absolute atomic E-state index is 12.3. The molecular weight excluding hydrogens is 581 g/mol. The van der Waals surface area contributed by atoms with Crippen molar-refractivity contribution in [2.45, 2.75) is 13.8 Å². The van der Waals surface area contributed by atoms with Crippen LogP contribution in [0.3, 0.4) is 0 Å². The maximum atomic E-state index is 12.3. The summed E-state index contributed by atoms with van der Waals surface area (Å²) in [4.78, 5) is 4.94. The monoisotopic (exact) mass is 601 g/mol. The Labute approximate surface area is 223 Å². The fraction of sp³-hybridized carbons (Fsp3) is 0.143. The number of benzene rings is 2. The van der Waals surface area contributed by atoms with E-state index in [-0.39, 0.29) is 24.6 Å². The molecular formula is C21H21Cl2FeN3O6S2. The summed E-state index contributed by atoms with van der Waals surface area (Å²) in [7, 11) is 7.14. The van der Waals surface area contributed by atoms with E-state index < -0.39 is 10.3 Å². The summed E-state index contributed by atoms with van der Waals surface area (Å²) >= 11 is 0.889. The van der Waals surface area contributed by atoms with Gasteiger partial charge in [0.15, 0.2) is 18.0 Å². The van der Waals surface area contributed by atoms with Crippen LogP contribution in [0.1, 0.15) is 25.2 Å². The van der Waals surface area contributed by atoms with Crippen molar-refractivity contribution >= 4 is 54.2 Å². The van der Waals surface area contributed by atoms with Crippen LogP contribution in [0.15, 0.2) is 81.6 Å². The zero-order chi connectivity index (χ0) is 25.7. The van der Waals surface area contributed by atoms with Crippen molar-refractivity contribution in [2.75, 3.05) is 0 Å². The van der Waals surface area contributed by atoms with Gasteiger partial charge >= 0.3 is 43.6 Å². The van der Waals surface area contributed by atoms with Crippen LogP contribution in [0.5, 0.6) is 11.5 Å². The molecule has 35 heavy (non-hydrogen) atoms. The van der Waals surface area contributed by atoms with Gasteiger partial charge in [0.25, 0.3) is 0 Å². The molecule has 3 rings (SSSR count). The number of halogens is 2. The Morgan fingerprint density at radius 3 is 1.97 bits per heavy atom. The van der Waals surface area contributed by atoms with Crippen molar-refractivity contribution in [3.8, 4) is 11.5 Å². The Morgan fingerprint density at radius 2 is 1.40 bits per heavy atom. The molecule has 1 aromatic heterocycles. The Morgan fingerprint density at radius 1 is 0.886 bits per heavy atom. The topological polar surface area (TPSA) is 101 Å². The molecule has 0 fully saturated rings. The minimum atomic E-state index is -4.16. The van der Waals surface area contributed by atoms with Gasteiger partial charge in [-0.05, 0) is 50.2 Å². The zero-order valence-electron chi connectivity index (χ0n) is 18.6. The van der Waals surface area contributed by atoms with E-state index in [9.17, 15) is 8.42 Å². The van der Waals surface area contributed by atoms with Crippen LogP contribution >= 0.6 is 32.4 Å². The van der Waals surface area contributed by atoms with Crippen LogP contribution in [0.2, 0.25) is 0 Å². The quantitative estimate of drug-likeness (QED) is 0.0546. The van der Waals surface area contributed by atoms with Crippen LogP contribution in [-0.2, 0) is 39.9 Å². The third kappa shape index (κ3) is 10.2. The van der Waals surface area contributed by atoms with Crippen LogP contribution in [0.25, 0.3) is 0 Å². The zero-order valence-corrected chi connectivity index (χ0v) is 22.9. The molecule has 190 valence electrons. The van der Waals surface area contributed by atoms with E-state index in [2.05, 4.69) is 13.8 Å². The van der Waals surface area contributed by atoms with E-state index in [1.165, 1.54) is 12.1 Å². The first-order chi connectivity index (χ1) is 16.8. The van der Waals surface area contributed by atoms with Crippen LogP contribution in [0.4, 0.5) is 0 Å². The van der Waals surface area contributed by atoms with Crippen LogP contribution in [-0.4, -0.2) is 24.4 Å². The van der Waals surface area contributed by atoms with Crippen molar-refractivity contribution < 1.29 is 40.0 Å². The summed E-state index contributed by atoms with van der Waals surface area (Å²) in [6.45, 7) is 3.36. The second-order valence-corrected chi connectivity index (χ2v) is 9.99. The second kappa shape index (κ2) is 15.2. The Kier molecular flexibility index (Phi) is 12.7. The summed E-state index contributed by atoms with van der Waals surface area (Å²) < 4.78 is 44.0. The molecule has 1 heterocycles. The second-order valence-electron chi connectivity index (χ2n) is 6.50. The Bertz CT molecular complexity index is 1230. The molecule has 0 atom stereocenters. The number of nitrogens with zero attached hydrogens (tertiary/aromatic N) is 3. The van der Waals surface area contributed by atoms with E-state index >= 15 is 0 Å². The molecule has 0 saturated heterocycles. The minimum absolute atomic E-state index is 0.190. The Hall–Kier alpha value is -2.02. The molecule has 0 unspecified atom stereocenters. The molecule has 0 spiro atoms. The molecule has 0 radical (unpaired) electrons. The van der Waals surface area contributed by atoms with E-state index in [4.69, 9.17) is 33.6 Å². The first-order valence-corrected chi connectivity index (χ1v) is 14.7. The number of hydrogen-bond acceptors (Lipinski definition) is 8. The third-order valence-electron chi connectivity index (χ3n) is 4.16. The van der Waals surface area contributed by atoms with E-state index in [1.807, 2.05) is 6.07 Å². The molecule has 14 heteroatoms. The molecule has 0 aliphatic rings. The van der Waals surface area contributed by atoms with Crippen molar-refractivity contribution in [2.24, 2.45) is 15.8 Å². The van der Waals surface area contributed by atoms with Crippen LogP contribution in [0, 0.1) is 0 Å². The molecule has 0 amide bonds. The number of aromatic nitrogens is 1. The van der Waals surface area contributed by atoms with Gasteiger partial charge in [0.1, 0.15) is 5.75 Å². The van der Waals surface area contributed by atoms with E-state index in [1.54, 1.807) is 80.1 Å². The van der Waals surface area contributed by atoms with Gasteiger partial charge in [-0.25, -0.2) is 0 Å². The van der Waals surface area contributed by atoms with Gasteiger partial charge in [0.05, 0.1) is 22.8 Å². The summed E-state index contributed by atoms with van der Waals surface area (Å²) in [5.41, 5.74) is 2.20. The van der Waals surface area contributed by atoms with Gasteiger partial charge < -0.3 is 13.6 Å². The van der Waals surface area contributed by atoms with Gasteiger partial charge in [0.2, 0.25) is 0 Å². The first kappa shape index (κ1) is 29.2. The van der Waals surface area contributed by atoms with Gasteiger partial charge in [-0.15, -0.1) is 4.40 Å². The number of rotatable bonds is 10. The van der Waals surface area contributed by atoms with E-state index in [0.29, 0.717) is 29.4 Å². The Balaban J connectivity index is 0.00000137. The molecule has 0 bridgehead atoms. The summed E-state index contributed by atoms with van der Waals surface area (Å²) in [6.07, 6.45) is 0. The molecule has 3 aromatic rings. The molecule has 0 aliphatic heterocycles. The normalized spacial score (nSPS) is 12.1. The van der Waals surface area contributed by atoms with Crippen molar-refractivity contribution in [1.29, 1.82) is 0 Å². The van der Waals surface area contributed by atoms with Crippen molar-refractivity contribution in [1.82, 2.24) is 4.57 Å². The molecule has 0 saturated carbocycles.